The highest BCUT2D eigenvalue weighted by molar-refractivity contribution is 5.94. The number of amides is 5. The fourth-order valence-corrected chi connectivity index (χ4v) is 4.57. The lowest BCUT2D eigenvalue weighted by atomic mass is 9.95. The molecule has 14 nitrogen and oxygen atoms in total. The van der Waals surface area contributed by atoms with Crippen molar-refractivity contribution in [3.8, 4) is 0 Å². The highest BCUT2D eigenvalue weighted by Gasteiger charge is 2.51. The molecule has 0 aliphatic rings. The average molecular weight is 708 g/mol. The predicted octanol–water partition coefficient (Wildman–Crippen LogP) is 2.41. The third-order valence-electron chi connectivity index (χ3n) is 8.13. The number of methoxy groups -OCH3 is 1. The molecule has 0 bridgehead atoms. The van der Waals surface area contributed by atoms with Gasteiger partial charge < -0.3 is 41.2 Å². The Morgan fingerprint density at radius 1 is 0.653 bits per heavy atom. The van der Waals surface area contributed by atoms with Gasteiger partial charge in [0.15, 0.2) is 0 Å². The number of alkyl halides is 2. The van der Waals surface area contributed by atoms with Crippen LogP contribution >= 0.6 is 0 Å². The number of esters is 1. The van der Waals surface area contributed by atoms with Crippen LogP contribution in [0.1, 0.15) is 95.9 Å². The smallest absolute Gasteiger partial charge is 0.408 e. The van der Waals surface area contributed by atoms with Crippen molar-refractivity contribution in [3.63, 3.8) is 0 Å². The Morgan fingerprint density at radius 2 is 1.06 bits per heavy atom. The summed E-state index contributed by atoms with van der Waals surface area (Å²) in [6.45, 7) is 19.2. The fourth-order valence-electron chi connectivity index (χ4n) is 4.57. The Kier molecular flexibility index (Phi) is 18.2. The van der Waals surface area contributed by atoms with Gasteiger partial charge in [0.25, 0.3) is 5.91 Å². The summed E-state index contributed by atoms with van der Waals surface area (Å²) in [5.74, 6) is -11.8. The van der Waals surface area contributed by atoms with Gasteiger partial charge in [-0.3, -0.25) is 19.2 Å². The second-order valence-electron chi connectivity index (χ2n) is 14.2. The van der Waals surface area contributed by atoms with E-state index in [4.69, 9.17) is 9.47 Å². The molecule has 0 unspecified atom stereocenters. The molecular formula is C33H59F2N5O9. The molecule has 0 aromatic heterocycles. The lowest BCUT2D eigenvalue weighted by molar-refractivity contribution is -0.169. The van der Waals surface area contributed by atoms with E-state index in [1.165, 1.54) is 13.8 Å². The van der Waals surface area contributed by atoms with E-state index in [0.29, 0.717) is 12.8 Å². The normalized spacial score (nSPS) is 16.9. The third kappa shape index (κ3) is 14.1. The Hall–Kier alpha value is -3.56. The number of aliphatic hydroxyl groups is 1. The first-order valence-corrected chi connectivity index (χ1v) is 16.7. The van der Waals surface area contributed by atoms with Crippen molar-refractivity contribution in [1.29, 1.82) is 0 Å². The summed E-state index contributed by atoms with van der Waals surface area (Å²) in [4.78, 5) is 77.0. The number of hydrogen-bond donors (Lipinski definition) is 6. The maximum absolute atomic E-state index is 15.4. The Morgan fingerprint density at radius 3 is 1.47 bits per heavy atom. The quantitative estimate of drug-likeness (QED) is 0.116. The van der Waals surface area contributed by atoms with Crippen LogP contribution in [0.5, 0.6) is 0 Å². The van der Waals surface area contributed by atoms with Crippen LogP contribution in [0, 0.1) is 23.7 Å². The van der Waals surface area contributed by atoms with Crippen molar-refractivity contribution in [2.45, 2.75) is 144 Å². The van der Waals surface area contributed by atoms with Crippen LogP contribution in [0.4, 0.5) is 13.6 Å². The van der Waals surface area contributed by atoms with Gasteiger partial charge in [0.2, 0.25) is 17.7 Å². The van der Waals surface area contributed by atoms with Crippen LogP contribution in [0.15, 0.2) is 0 Å². The van der Waals surface area contributed by atoms with Crippen LogP contribution in [-0.4, -0.2) is 95.7 Å². The van der Waals surface area contributed by atoms with E-state index in [2.05, 4.69) is 21.3 Å². The van der Waals surface area contributed by atoms with Crippen molar-refractivity contribution in [2.24, 2.45) is 23.7 Å². The largest absolute Gasteiger partial charge is 0.467 e. The topological polar surface area (TPSA) is 201 Å². The molecule has 0 saturated carbocycles. The first kappa shape index (κ1) is 45.4. The highest BCUT2D eigenvalue weighted by Crippen LogP contribution is 2.23. The van der Waals surface area contributed by atoms with Crippen molar-refractivity contribution >= 4 is 35.7 Å². The standard InChI is InChI=1S/C33H59F2N5O9/c1-14-18(7)23(37-27(43)22(17(5)6)40-31(47)49-32(10,11)12)28(44)36-20(9)25(41)33(34,35)30(46)39-21(16(3)4)26(42)38-24(19(8)15-2)29(45)48-13/h16-25,41H,14-15H2,1-13H3,(H,36,44)(H,37,43)(H,38,42)(H,39,46)(H,40,47)/t18-,19-,20-,21-,22-,23-,24-,25+/m0/s1. The molecule has 16 heteroatoms. The molecule has 0 saturated heterocycles. The molecule has 0 fully saturated rings. The molecule has 0 aromatic rings. The minimum absolute atomic E-state index is 0.367. The summed E-state index contributed by atoms with van der Waals surface area (Å²) >= 11 is 0. The Balaban J connectivity index is 5.90. The van der Waals surface area contributed by atoms with Crippen LogP contribution in [0.25, 0.3) is 0 Å². The Bertz CT molecular complexity index is 1150. The minimum atomic E-state index is -4.49. The van der Waals surface area contributed by atoms with Gasteiger partial charge in [-0.05, 0) is 51.4 Å². The van der Waals surface area contributed by atoms with E-state index in [-0.39, 0.29) is 5.92 Å². The van der Waals surface area contributed by atoms with Crippen LogP contribution in [-0.2, 0) is 33.4 Å². The second-order valence-corrected chi connectivity index (χ2v) is 14.2. The summed E-state index contributed by atoms with van der Waals surface area (Å²) in [5.41, 5.74) is -0.833. The van der Waals surface area contributed by atoms with Crippen LogP contribution in [0.2, 0.25) is 0 Å². The maximum Gasteiger partial charge on any atom is 0.408 e. The first-order chi connectivity index (χ1) is 22.4. The number of ether oxygens (including phenoxy) is 2. The summed E-state index contributed by atoms with van der Waals surface area (Å²) in [7, 11) is 1.14. The average Bonchev–Trinajstić information content (AvgIpc) is 3.00. The van der Waals surface area contributed by atoms with Gasteiger partial charge in [0.05, 0.1) is 13.2 Å². The number of hydrogen-bond acceptors (Lipinski definition) is 9. The first-order valence-electron chi connectivity index (χ1n) is 16.7. The van der Waals surface area contributed by atoms with Crippen LogP contribution < -0.4 is 26.6 Å². The molecule has 6 N–H and O–H groups in total. The molecule has 5 amide bonds. The SMILES string of the molecule is CC[C@H](C)[C@H](NC(=O)[C@@H](NC(=O)OC(C)(C)C)C(C)C)C(=O)N[C@@H](C)[C@@H](O)C(F)(F)C(=O)N[C@H](C(=O)N[C@H](C(=O)OC)[C@@H](C)CC)C(C)C. The number of nitrogens with one attached hydrogen (secondary N) is 5. The molecular weight excluding hydrogens is 648 g/mol. The monoisotopic (exact) mass is 707 g/mol. The molecule has 0 aliphatic heterocycles. The van der Waals surface area contributed by atoms with Crippen molar-refractivity contribution in [1.82, 2.24) is 26.6 Å². The molecule has 0 heterocycles. The van der Waals surface area contributed by atoms with Crippen LogP contribution in [0.3, 0.4) is 0 Å². The van der Waals surface area contributed by atoms with Gasteiger partial charge in [0.1, 0.15) is 35.9 Å². The molecule has 0 rings (SSSR count). The number of carbonyl (C=O) groups excluding carboxylic acids is 6. The summed E-state index contributed by atoms with van der Waals surface area (Å²) in [6.07, 6.45) is -2.73. The maximum atomic E-state index is 15.4. The van der Waals surface area contributed by atoms with Crippen molar-refractivity contribution in [2.75, 3.05) is 7.11 Å². The molecule has 0 spiro atoms. The van der Waals surface area contributed by atoms with Gasteiger partial charge in [-0.1, -0.05) is 68.2 Å². The molecule has 49 heavy (non-hydrogen) atoms. The Labute approximate surface area is 288 Å². The van der Waals surface area contributed by atoms with Gasteiger partial charge in [-0.15, -0.1) is 0 Å². The number of rotatable bonds is 18. The van der Waals surface area contributed by atoms with Gasteiger partial charge in [-0.2, -0.15) is 8.78 Å². The number of alkyl carbamates (subject to hydrolysis) is 1. The van der Waals surface area contributed by atoms with E-state index in [9.17, 15) is 33.9 Å². The van der Waals surface area contributed by atoms with E-state index < -0.39 is 101 Å². The molecule has 8 atom stereocenters. The summed E-state index contributed by atoms with van der Waals surface area (Å²) in [6, 6.07) is -6.69. The van der Waals surface area contributed by atoms with E-state index in [1.54, 1.807) is 62.3 Å². The van der Waals surface area contributed by atoms with Crippen molar-refractivity contribution in [3.05, 3.63) is 0 Å². The second kappa shape index (κ2) is 19.6. The molecule has 284 valence electrons. The number of carbonyl (C=O) groups is 6. The lowest BCUT2D eigenvalue weighted by Crippen LogP contribution is -2.63. The summed E-state index contributed by atoms with van der Waals surface area (Å²) < 4.78 is 40.7. The van der Waals surface area contributed by atoms with Gasteiger partial charge in [-0.25, -0.2) is 9.59 Å². The van der Waals surface area contributed by atoms with Crippen molar-refractivity contribution < 1.29 is 52.1 Å². The van der Waals surface area contributed by atoms with E-state index in [0.717, 1.165) is 14.0 Å². The number of aliphatic hydroxyl groups excluding tert-OH is 1. The lowest BCUT2D eigenvalue weighted by Gasteiger charge is -2.32. The van der Waals surface area contributed by atoms with Gasteiger partial charge in [0, 0.05) is 0 Å². The minimum Gasteiger partial charge on any atom is -0.467 e. The summed E-state index contributed by atoms with van der Waals surface area (Å²) in [5, 5.41) is 22.3. The third-order valence-corrected chi connectivity index (χ3v) is 8.13. The molecule has 0 aliphatic carbocycles. The zero-order valence-corrected chi connectivity index (χ0v) is 31.2. The zero-order valence-electron chi connectivity index (χ0n) is 31.2. The molecule has 0 aromatic carbocycles. The zero-order chi connectivity index (χ0) is 38.6. The predicted molar refractivity (Wildman–Crippen MR) is 178 cm³/mol. The highest BCUT2D eigenvalue weighted by atomic mass is 19.3. The van der Waals surface area contributed by atoms with E-state index in [1.807, 2.05) is 5.32 Å². The fraction of sp³-hybridized carbons (Fsp3) is 0.818. The number of halogens is 2. The van der Waals surface area contributed by atoms with E-state index >= 15 is 8.78 Å². The molecule has 0 radical (unpaired) electrons. The van der Waals surface area contributed by atoms with Gasteiger partial charge >= 0.3 is 18.0 Å².